The highest BCUT2D eigenvalue weighted by molar-refractivity contribution is 7.80. The number of halogens is 2. The van der Waals surface area contributed by atoms with Crippen molar-refractivity contribution in [2.45, 2.75) is 39.5 Å². The van der Waals surface area contributed by atoms with Gasteiger partial charge in [-0.15, -0.1) is 0 Å². The number of thiocarbonyl (C=S) groups is 1. The molecule has 0 unspecified atom stereocenters. The molecule has 1 aromatic carbocycles. The Labute approximate surface area is 137 Å². The topological polar surface area (TPSA) is 24.1 Å². The van der Waals surface area contributed by atoms with Gasteiger partial charge in [0.15, 0.2) is 5.11 Å². The van der Waals surface area contributed by atoms with Gasteiger partial charge in [-0.3, -0.25) is 0 Å². The third kappa shape index (κ3) is 6.29. The van der Waals surface area contributed by atoms with Gasteiger partial charge in [0.1, 0.15) is 0 Å². The molecule has 5 heteroatoms. The fraction of sp³-hybridized carbons (Fsp3) is 0.533. The van der Waals surface area contributed by atoms with Crippen molar-refractivity contribution in [2.24, 2.45) is 5.92 Å². The fourth-order valence-corrected chi connectivity index (χ4v) is 2.43. The lowest BCUT2D eigenvalue weighted by Crippen LogP contribution is -2.32. The Kier molecular flexibility index (Phi) is 8.27. The molecule has 1 atom stereocenters. The van der Waals surface area contributed by atoms with Gasteiger partial charge in [-0.05, 0) is 42.8 Å². The summed E-state index contributed by atoms with van der Waals surface area (Å²) in [5.74, 6) is 0.670. The molecule has 1 aromatic rings. The number of anilines is 1. The van der Waals surface area contributed by atoms with Gasteiger partial charge in [-0.2, -0.15) is 0 Å². The van der Waals surface area contributed by atoms with E-state index in [1.807, 2.05) is 6.07 Å². The van der Waals surface area contributed by atoms with Crippen LogP contribution in [0.5, 0.6) is 0 Å². The van der Waals surface area contributed by atoms with E-state index in [1.54, 1.807) is 12.1 Å². The van der Waals surface area contributed by atoms with Crippen LogP contribution >= 0.6 is 35.4 Å². The number of rotatable bonds is 7. The van der Waals surface area contributed by atoms with Crippen molar-refractivity contribution in [3.63, 3.8) is 0 Å². The third-order valence-corrected chi connectivity index (χ3v) is 4.26. The van der Waals surface area contributed by atoms with Gasteiger partial charge < -0.3 is 10.6 Å². The van der Waals surface area contributed by atoms with Gasteiger partial charge in [0.05, 0.1) is 10.0 Å². The maximum Gasteiger partial charge on any atom is 0.170 e. The molecule has 112 valence electrons. The predicted molar refractivity (Wildman–Crippen MR) is 94.0 cm³/mol. The molecule has 20 heavy (non-hydrogen) atoms. The van der Waals surface area contributed by atoms with Crippen molar-refractivity contribution in [3.8, 4) is 0 Å². The average Bonchev–Trinajstić information content (AvgIpc) is 2.43. The van der Waals surface area contributed by atoms with Crippen LogP contribution in [0.3, 0.4) is 0 Å². The molecule has 0 aliphatic carbocycles. The quantitative estimate of drug-likeness (QED) is 0.645. The minimum Gasteiger partial charge on any atom is -0.362 e. The molecule has 0 saturated heterocycles. The maximum absolute atomic E-state index is 5.97. The Balaban J connectivity index is 2.40. The monoisotopic (exact) mass is 332 g/mol. The van der Waals surface area contributed by atoms with Gasteiger partial charge in [0, 0.05) is 12.2 Å². The molecule has 0 aliphatic rings. The van der Waals surface area contributed by atoms with Crippen LogP contribution < -0.4 is 10.6 Å². The SMILES string of the molecule is CCCC[C@H](CC)CNC(=S)Nc1ccc(Cl)c(Cl)c1. The summed E-state index contributed by atoms with van der Waals surface area (Å²) in [5.41, 5.74) is 0.846. The lowest BCUT2D eigenvalue weighted by atomic mass is 9.99. The summed E-state index contributed by atoms with van der Waals surface area (Å²) in [6.07, 6.45) is 4.92. The first-order valence-corrected chi connectivity index (χ1v) is 8.23. The minimum absolute atomic E-state index is 0.522. The van der Waals surface area contributed by atoms with Crippen LogP contribution in [0.2, 0.25) is 10.0 Å². The maximum atomic E-state index is 5.97. The van der Waals surface area contributed by atoms with E-state index in [-0.39, 0.29) is 0 Å². The second kappa shape index (κ2) is 9.43. The highest BCUT2D eigenvalue weighted by Crippen LogP contribution is 2.24. The largest absolute Gasteiger partial charge is 0.362 e. The van der Waals surface area contributed by atoms with Crippen molar-refractivity contribution < 1.29 is 0 Å². The summed E-state index contributed by atoms with van der Waals surface area (Å²) < 4.78 is 0. The van der Waals surface area contributed by atoms with E-state index >= 15 is 0 Å². The zero-order valence-electron chi connectivity index (χ0n) is 12.0. The standard InChI is InChI=1S/C15H22Cl2N2S/c1-3-5-6-11(4-2)10-18-15(20)19-12-7-8-13(16)14(17)9-12/h7-9,11H,3-6,10H2,1-2H3,(H2,18,19,20)/t11-/m0/s1. The molecule has 0 fully saturated rings. The Morgan fingerprint density at radius 1 is 1.25 bits per heavy atom. The van der Waals surface area contributed by atoms with E-state index in [2.05, 4.69) is 24.5 Å². The van der Waals surface area contributed by atoms with Crippen molar-refractivity contribution >= 4 is 46.2 Å². The zero-order chi connectivity index (χ0) is 15.0. The van der Waals surface area contributed by atoms with E-state index in [9.17, 15) is 0 Å². The zero-order valence-corrected chi connectivity index (χ0v) is 14.3. The molecule has 0 amide bonds. The first-order chi connectivity index (χ1) is 9.56. The van der Waals surface area contributed by atoms with Crippen LogP contribution in [0.4, 0.5) is 5.69 Å². The summed E-state index contributed by atoms with van der Waals surface area (Å²) in [6, 6.07) is 5.38. The van der Waals surface area contributed by atoms with Crippen LogP contribution in [0.15, 0.2) is 18.2 Å². The molecule has 0 aromatic heterocycles. The molecule has 0 saturated carbocycles. The van der Waals surface area contributed by atoms with Crippen molar-refractivity contribution in [3.05, 3.63) is 28.2 Å². The van der Waals surface area contributed by atoms with Crippen LogP contribution in [0.25, 0.3) is 0 Å². The van der Waals surface area contributed by atoms with Gasteiger partial charge >= 0.3 is 0 Å². The highest BCUT2D eigenvalue weighted by Gasteiger charge is 2.07. The van der Waals surface area contributed by atoms with E-state index in [0.29, 0.717) is 21.1 Å². The van der Waals surface area contributed by atoms with Gasteiger partial charge in [0.2, 0.25) is 0 Å². The summed E-state index contributed by atoms with van der Waals surface area (Å²) in [6.45, 7) is 5.34. The minimum atomic E-state index is 0.522. The molecule has 2 nitrogen and oxygen atoms in total. The summed E-state index contributed by atoms with van der Waals surface area (Å²) in [4.78, 5) is 0. The van der Waals surface area contributed by atoms with Crippen LogP contribution in [0.1, 0.15) is 39.5 Å². The van der Waals surface area contributed by atoms with Gasteiger partial charge in [-0.1, -0.05) is 56.3 Å². The average molecular weight is 333 g/mol. The number of hydrogen-bond donors (Lipinski definition) is 2. The Hall–Kier alpha value is -0.510. The van der Waals surface area contributed by atoms with Crippen molar-refractivity contribution in [2.75, 3.05) is 11.9 Å². The van der Waals surface area contributed by atoms with Crippen LogP contribution in [-0.2, 0) is 0 Å². The number of hydrogen-bond acceptors (Lipinski definition) is 1. The van der Waals surface area contributed by atoms with E-state index in [4.69, 9.17) is 35.4 Å². The number of nitrogens with one attached hydrogen (secondary N) is 2. The van der Waals surface area contributed by atoms with E-state index in [1.165, 1.54) is 25.7 Å². The normalized spacial score (nSPS) is 12.0. The van der Waals surface area contributed by atoms with Gasteiger partial charge in [-0.25, -0.2) is 0 Å². The predicted octanol–water partition coefficient (Wildman–Crippen LogP) is 5.50. The Morgan fingerprint density at radius 2 is 2.00 bits per heavy atom. The lowest BCUT2D eigenvalue weighted by Gasteiger charge is -2.17. The third-order valence-electron chi connectivity index (χ3n) is 3.27. The molecule has 0 radical (unpaired) electrons. The van der Waals surface area contributed by atoms with Crippen LogP contribution in [0, 0.1) is 5.92 Å². The summed E-state index contributed by atoms with van der Waals surface area (Å²) in [5, 5.41) is 8.08. The van der Waals surface area contributed by atoms with E-state index in [0.717, 1.165) is 12.2 Å². The fourth-order valence-electron chi connectivity index (χ4n) is 1.93. The second-order valence-corrected chi connectivity index (χ2v) is 6.10. The van der Waals surface area contributed by atoms with Crippen LogP contribution in [-0.4, -0.2) is 11.7 Å². The van der Waals surface area contributed by atoms with Crippen molar-refractivity contribution in [1.29, 1.82) is 0 Å². The second-order valence-electron chi connectivity index (χ2n) is 4.88. The number of benzene rings is 1. The Bertz CT molecular complexity index is 438. The summed E-state index contributed by atoms with van der Waals surface area (Å²) >= 11 is 17.1. The molecule has 2 N–H and O–H groups in total. The Morgan fingerprint density at radius 3 is 2.60 bits per heavy atom. The lowest BCUT2D eigenvalue weighted by molar-refractivity contribution is 0.446. The molecule has 0 bridgehead atoms. The molecule has 0 aliphatic heterocycles. The molecule has 1 rings (SSSR count). The van der Waals surface area contributed by atoms with Crippen molar-refractivity contribution in [1.82, 2.24) is 5.32 Å². The first kappa shape index (κ1) is 17.5. The van der Waals surface area contributed by atoms with E-state index < -0.39 is 0 Å². The highest BCUT2D eigenvalue weighted by atomic mass is 35.5. The van der Waals surface area contributed by atoms with Gasteiger partial charge in [0.25, 0.3) is 0 Å². The molecular formula is C15H22Cl2N2S. The smallest absolute Gasteiger partial charge is 0.170 e. The number of unbranched alkanes of at least 4 members (excludes halogenated alkanes) is 1. The first-order valence-electron chi connectivity index (χ1n) is 7.06. The molecule has 0 heterocycles. The molecular weight excluding hydrogens is 311 g/mol. The molecule has 0 spiro atoms. The summed E-state index contributed by atoms with van der Waals surface area (Å²) in [7, 11) is 0.